The lowest BCUT2D eigenvalue weighted by molar-refractivity contribution is -0.129. The Bertz CT molecular complexity index is 159. The van der Waals surface area contributed by atoms with E-state index in [1.165, 1.54) is 0 Å². The molecule has 4 nitrogen and oxygen atoms in total. The maximum Gasteiger partial charge on any atom is 0.236 e. The van der Waals surface area contributed by atoms with Crippen LogP contribution in [0.4, 0.5) is 0 Å². The minimum Gasteiger partial charge on any atom is -0.385 e. The van der Waals surface area contributed by atoms with Crippen molar-refractivity contribution in [1.82, 2.24) is 10.2 Å². The normalized spacial score (nSPS) is 10.3. The molecule has 0 spiro atoms. The molecule has 0 aliphatic heterocycles. The highest BCUT2D eigenvalue weighted by Crippen LogP contribution is 1.89. The minimum atomic E-state index is 0.187. The van der Waals surface area contributed by atoms with Crippen molar-refractivity contribution in [2.75, 3.05) is 39.9 Å². The Morgan fingerprint density at radius 3 is 2.47 bits per heavy atom. The Morgan fingerprint density at radius 2 is 1.93 bits per heavy atom. The van der Waals surface area contributed by atoms with E-state index >= 15 is 0 Å². The van der Waals surface area contributed by atoms with Crippen molar-refractivity contribution in [3.8, 4) is 0 Å². The molecule has 0 aromatic heterocycles. The first kappa shape index (κ1) is 14.4. The highest BCUT2D eigenvalue weighted by molar-refractivity contribution is 5.78. The molecule has 0 radical (unpaired) electrons. The smallest absolute Gasteiger partial charge is 0.236 e. The molecule has 0 saturated carbocycles. The summed E-state index contributed by atoms with van der Waals surface area (Å²) in [6.07, 6.45) is 2.10. The Labute approximate surface area is 93.0 Å². The highest BCUT2D eigenvalue weighted by Gasteiger charge is 2.07. The number of amides is 1. The highest BCUT2D eigenvalue weighted by atomic mass is 16.5. The van der Waals surface area contributed by atoms with Crippen molar-refractivity contribution in [3.63, 3.8) is 0 Å². The molecule has 0 aromatic rings. The van der Waals surface area contributed by atoms with Gasteiger partial charge in [-0.05, 0) is 33.2 Å². The van der Waals surface area contributed by atoms with E-state index in [9.17, 15) is 4.79 Å². The minimum absolute atomic E-state index is 0.187. The second-order valence-electron chi connectivity index (χ2n) is 3.44. The average molecular weight is 216 g/mol. The number of nitrogens with zero attached hydrogens (tertiary/aromatic N) is 1. The molecule has 1 amide bonds. The molecule has 1 N–H and O–H groups in total. The van der Waals surface area contributed by atoms with Crippen LogP contribution in [0, 0.1) is 0 Å². The van der Waals surface area contributed by atoms with Crippen LogP contribution in [0.2, 0.25) is 0 Å². The summed E-state index contributed by atoms with van der Waals surface area (Å²) in [6, 6.07) is 0. The molecule has 0 heterocycles. The molecule has 90 valence electrons. The van der Waals surface area contributed by atoms with Gasteiger partial charge in [0.25, 0.3) is 0 Å². The van der Waals surface area contributed by atoms with Crippen molar-refractivity contribution < 1.29 is 9.53 Å². The molecule has 0 aliphatic carbocycles. The summed E-state index contributed by atoms with van der Waals surface area (Å²) >= 11 is 0. The van der Waals surface area contributed by atoms with Crippen molar-refractivity contribution in [2.45, 2.75) is 26.7 Å². The summed E-state index contributed by atoms with van der Waals surface area (Å²) < 4.78 is 4.94. The number of methoxy groups -OCH3 is 1. The summed E-state index contributed by atoms with van der Waals surface area (Å²) in [5.41, 5.74) is 0. The van der Waals surface area contributed by atoms with Gasteiger partial charge in [0.1, 0.15) is 0 Å². The number of hydrogen-bond donors (Lipinski definition) is 1. The largest absolute Gasteiger partial charge is 0.385 e. The molecule has 0 fully saturated rings. The van der Waals surface area contributed by atoms with E-state index in [2.05, 4.69) is 5.32 Å². The lowest BCUT2D eigenvalue weighted by Crippen LogP contribution is -2.38. The first-order chi connectivity index (χ1) is 7.26. The maximum absolute atomic E-state index is 11.5. The molecule has 0 rings (SSSR count). The fourth-order valence-corrected chi connectivity index (χ4v) is 1.38. The first-order valence-corrected chi connectivity index (χ1v) is 5.73. The van der Waals surface area contributed by atoms with Gasteiger partial charge < -0.3 is 15.0 Å². The van der Waals surface area contributed by atoms with E-state index in [-0.39, 0.29) is 5.91 Å². The molecule has 0 bridgehead atoms. The van der Waals surface area contributed by atoms with Gasteiger partial charge in [0.15, 0.2) is 0 Å². The molecule has 4 heteroatoms. The molecule has 0 aromatic carbocycles. The summed E-state index contributed by atoms with van der Waals surface area (Å²) in [5.74, 6) is 0.187. The van der Waals surface area contributed by atoms with E-state index in [4.69, 9.17) is 4.74 Å². The predicted molar refractivity (Wildman–Crippen MR) is 61.9 cm³/mol. The SMILES string of the molecule is CCN(CC)C(=O)CNCCCCOC. The van der Waals surface area contributed by atoms with Crippen molar-refractivity contribution in [3.05, 3.63) is 0 Å². The van der Waals surface area contributed by atoms with Gasteiger partial charge in [-0.25, -0.2) is 0 Å². The van der Waals surface area contributed by atoms with Crippen molar-refractivity contribution in [2.24, 2.45) is 0 Å². The van der Waals surface area contributed by atoms with Gasteiger partial charge in [-0.15, -0.1) is 0 Å². The lowest BCUT2D eigenvalue weighted by atomic mass is 10.3. The lowest BCUT2D eigenvalue weighted by Gasteiger charge is -2.18. The summed E-state index contributed by atoms with van der Waals surface area (Å²) in [7, 11) is 1.71. The van der Waals surface area contributed by atoms with E-state index in [0.717, 1.165) is 39.1 Å². The third kappa shape index (κ3) is 7.33. The van der Waals surface area contributed by atoms with Gasteiger partial charge in [-0.1, -0.05) is 0 Å². The van der Waals surface area contributed by atoms with Crippen LogP contribution in [0.1, 0.15) is 26.7 Å². The molecular weight excluding hydrogens is 192 g/mol. The van der Waals surface area contributed by atoms with Crippen LogP contribution in [-0.2, 0) is 9.53 Å². The van der Waals surface area contributed by atoms with E-state index < -0.39 is 0 Å². The third-order valence-corrected chi connectivity index (χ3v) is 2.34. The van der Waals surface area contributed by atoms with Crippen LogP contribution < -0.4 is 5.32 Å². The second kappa shape index (κ2) is 9.93. The molecule has 0 aliphatic rings. The van der Waals surface area contributed by atoms with Gasteiger partial charge in [-0.3, -0.25) is 4.79 Å². The van der Waals surface area contributed by atoms with Gasteiger partial charge in [-0.2, -0.15) is 0 Å². The Hall–Kier alpha value is -0.610. The summed E-state index contributed by atoms with van der Waals surface area (Å²) in [6.45, 7) is 7.72. The molecule has 0 saturated heterocycles. The second-order valence-corrected chi connectivity index (χ2v) is 3.44. The number of likely N-dealkylation sites (N-methyl/N-ethyl adjacent to an activating group) is 1. The zero-order chi connectivity index (χ0) is 11.5. The number of unbranched alkanes of at least 4 members (excludes halogenated alkanes) is 1. The quantitative estimate of drug-likeness (QED) is 0.582. The molecular formula is C11H24N2O2. The van der Waals surface area contributed by atoms with Crippen LogP contribution in [-0.4, -0.2) is 50.7 Å². The van der Waals surface area contributed by atoms with Gasteiger partial charge in [0.05, 0.1) is 6.54 Å². The Morgan fingerprint density at radius 1 is 1.27 bits per heavy atom. The predicted octanol–water partition coefficient (Wildman–Crippen LogP) is 0.871. The van der Waals surface area contributed by atoms with Crippen LogP contribution >= 0.6 is 0 Å². The fraction of sp³-hybridized carbons (Fsp3) is 0.909. The summed E-state index contributed by atoms with van der Waals surface area (Å²) in [4.78, 5) is 13.4. The van der Waals surface area contributed by atoms with Crippen LogP contribution in [0.5, 0.6) is 0 Å². The van der Waals surface area contributed by atoms with Crippen LogP contribution in [0.25, 0.3) is 0 Å². The van der Waals surface area contributed by atoms with Gasteiger partial charge in [0.2, 0.25) is 5.91 Å². The van der Waals surface area contributed by atoms with Crippen molar-refractivity contribution >= 4 is 5.91 Å². The zero-order valence-corrected chi connectivity index (χ0v) is 10.2. The standard InChI is InChI=1S/C11H24N2O2/c1-4-13(5-2)11(14)10-12-8-6-7-9-15-3/h12H,4-10H2,1-3H3. The Balaban J connectivity index is 3.38. The number of ether oxygens (including phenoxy) is 1. The monoisotopic (exact) mass is 216 g/mol. The van der Waals surface area contributed by atoms with Gasteiger partial charge >= 0.3 is 0 Å². The van der Waals surface area contributed by atoms with Gasteiger partial charge in [0, 0.05) is 26.8 Å². The Kier molecular flexibility index (Phi) is 9.52. The topological polar surface area (TPSA) is 41.6 Å². The first-order valence-electron chi connectivity index (χ1n) is 5.73. The summed E-state index contributed by atoms with van der Waals surface area (Å²) in [5, 5.41) is 3.15. The average Bonchev–Trinajstić information content (AvgIpc) is 2.25. The number of carbonyl (C=O) groups excluding carboxylic acids is 1. The number of hydrogen-bond acceptors (Lipinski definition) is 3. The third-order valence-electron chi connectivity index (χ3n) is 2.34. The number of carbonyl (C=O) groups is 1. The molecule has 15 heavy (non-hydrogen) atoms. The number of nitrogens with one attached hydrogen (secondary N) is 1. The van der Waals surface area contributed by atoms with Crippen LogP contribution in [0.3, 0.4) is 0 Å². The fourth-order valence-electron chi connectivity index (χ4n) is 1.38. The van der Waals surface area contributed by atoms with E-state index in [1.807, 2.05) is 18.7 Å². The maximum atomic E-state index is 11.5. The zero-order valence-electron chi connectivity index (χ0n) is 10.2. The molecule has 0 atom stereocenters. The van der Waals surface area contributed by atoms with Crippen LogP contribution in [0.15, 0.2) is 0 Å². The molecule has 0 unspecified atom stereocenters. The van der Waals surface area contributed by atoms with E-state index in [1.54, 1.807) is 7.11 Å². The van der Waals surface area contributed by atoms with E-state index in [0.29, 0.717) is 6.54 Å². The number of rotatable bonds is 9. The van der Waals surface area contributed by atoms with Crippen molar-refractivity contribution in [1.29, 1.82) is 0 Å².